The number of carboxylic acids is 1. The molecule has 0 bridgehead atoms. The number of hydrogen-bond acceptors (Lipinski definition) is 5. The van der Waals surface area contributed by atoms with Crippen molar-refractivity contribution >= 4 is 17.6 Å². The normalized spacial score (nSPS) is 9.57. The van der Waals surface area contributed by atoms with Crippen molar-refractivity contribution in [2.75, 3.05) is 12.1 Å². The summed E-state index contributed by atoms with van der Waals surface area (Å²) in [5.74, 6) is 0.289. The molecule has 0 atom stereocenters. The molecule has 0 unspecified atom stereocenters. The van der Waals surface area contributed by atoms with Gasteiger partial charge in [-0.3, -0.25) is 10.3 Å². The molecule has 0 saturated heterocycles. The fraction of sp³-hybridized carbons (Fsp3) is 0.438. The summed E-state index contributed by atoms with van der Waals surface area (Å²) in [4.78, 5) is 26.0. The van der Waals surface area contributed by atoms with Crippen molar-refractivity contribution in [3.8, 4) is 5.75 Å². The second kappa shape index (κ2) is 12.8. The molecule has 0 spiro atoms. The van der Waals surface area contributed by atoms with E-state index in [4.69, 9.17) is 9.94 Å². The summed E-state index contributed by atoms with van der Waals surface area (Å²) in [6.07, 6.45) is 7.41. The molecule has 0 heterocycles. The fourth-order valence-corrected chi connectivity index (χ4v) is 1.92. The van der Waals surface area contributed by atoms with Gasteiger partial charge in [0.25, 0.3) is 0 Å². The molecule has 0 saturated carbocycles. The number of unbranched alkanes of at least 4 members (excludes halogenated alkanes) is 5. The van der Waals surface area contributed by atoms with Crippen LogP contribution in [0.3, 0.4) is 0 Å². The Morgan fingerprint density at radius 2 is 1.91 bits per heavy atom. The summed E-state index contributed by atoms with van der Waals surface area (Å²) < 4.78 is 0. The predicted octanol–water partition coefficient (Wildman–Crippen LogP) is 3.16. The van der Waals surface area contributed by atoms with Gasteiger partial charge in [0, 0.05) is 25.5 Å². The van der Waals surface area contributed by atoms with Crippen LogP contribution in [0.5, 0.6) is 5.75 Å². The Kier molecular flexibility index (Phi) is 11.9. The van der Waals surface area contributed by atoms with E-state index in [9.17, 15) is 14.7 Å². The molecular formula is C16H21NO5Zn. The Bertz CT molecular complexity index is 529. The number of aromatic hydroxyl groups is 1. The second-order valence-electron chi connectivity index (χ2n) is 4.87. The zero-order chi connectivity index (χ0) is 16.2. The Morgan fingerprint density at radius 3 is 2.57 bits per heavy atom. The van der Waals surface area contributed by atoms with Crippen molar-refractivity contribution in [1.29, 1.82) is 0 Å². The van der Waals surface area contributed by atoms with Crippen LogP contribution in [0.15, 0.2) is 24.3 Å². The maximum absolute atomic E-state index is 10.7. The molecule has 0 aliphatic rings. The van der Waals surface area contributed by atoms with Crippen LogP contribution in [-0.2, 0) is 29.1 Å². The van der Waals surface area contributed by atoms with Gasteiger partial charge in [0.15, 0.2) is 0 Å². The summed E-state index contributed by atoms with van der Waals surface area (Å²) in [6.45, 7) is 0.523. The topological polar surface area (TPSA) is 95.9 Å². The summed E-state index contributed by atoms with van der Waals surface area (Å²) >= 11 is 0. The number of phenols is 1. The van der Waals surface area contributed by atoms with Crippen molar-refractivity contribution < 1.29 is 44.1 Å². The number of carbonyl (C=O) groups is 1. The number of carboxylic acid groups (broad SMARTS) is 1. The van der Waals surface area contributed by atoms with Gasteiger partial charge >= 0.3 is 5.97 Å². The molecule has 1 rings (SSSR count). The molecule has 3 N–H and O–H groups in total. The van der Waals surface area contributed by atoms with E-state index >= 15 is 0 Å². The van der Waals surface area contributed by atoms with E-state index < -0.39 is 5.97 Å². The minimum Gasteiger partial charge on any atom is -0.507 e. The monoisotopic (exact) mass is 371 g/mol. The summed E-state index contributed by atoms with van der Waals surface area (Å²) in [7, 11) is 0. The van der Waals surface area contributed by atoms with Gasteiger partial charge in [-0.05, 0) is 37.5 Å². The van der Waals surface area contributed by atoms with E-state index in [1.165, 1.54) is 24.3 Å². The SMILES string of the molecule is O=C=CCCCCCCCONc1ccc(C(=O)O)c(O)c1.[Zn]. The van der Waals surface area contributed by atoms with Crippen LogP contribution in [-0.4, -0.2) is 28.7 Å². The Labute approximate surface area is 148 Å². The number of anilines is 1. The molecule has 7 heteroatoms. The average molecular weight is 373 g/mol. The van der Waals surface area contributed by atoms with Crippen LogP contribution in [0.4, 0.5) is 5.69 Å². The van der Waals surface area contributed by atoms with Crippen LogP contribution in [0.25, 0.3) is 0 Å². The first-order valence-corrected chi connectivity index (χ1v) is 7.28. The minimum absolute atomic E-state index is 0. The van der Waals surface area contributed by atoms with E-state index in [0.717, 1.165) is 38.5 Å². The van der Waals surface area contributed by atoms with Crippen LogP contribution in [0.1, 0.15) is 48.9 Å². The maximum atomic E-state index is 10.7. The first kappa shape index (κ1) is 21.3. The van der Waals surface area contributed by atoms with Crippen LogP contribution in [0, 0.1) is 0 Å². The number of hydrogen-bond donors (Lipinski definition) is 3. The van der Waals surface area contributed by atoms with E-state index in [1.54, 1.807) is 5.94 Å². The number of nitrogens with one attached hydrogen (secondary N) is 1. The van der Waals surface area contributed by atoms with Gasteiger partial charge in [-0.1, -0.05) is 19.3 Å². The molecule has 6 nitrogen and oxygen atoms in total. The van der Waals surface area contributed by atoms with Gasteiger partial charge in [0.1, 0.15) is 17.3 Å². The number of carbonyl (C=O) groups excluding carboxylic acids is 1. The van der Waals surface area contributed by atoms with Crippen LogP contribution >= 0.6 is 0 Å². The average Bonchev–Trinajstić information content (AvgIpc) is 2.49. The summed E-state index contributed by atoms with van der Waals surface area (Å²) in [5.41, 5.74) is 3.03. The summed E-state index contributed by atoms with van der Waals surface area (Å²) in [5, 5.41) is 18.3. The van der Waals surface area contributed by atoms with Gasteiger partial charge in [-0.25, -0.2) is 9.59 Å². The third-order valence-corrected chi connectivity index (χ3v) is 3.10. The molecule has 1 aromatic carbocycles. The molecule has 0 aliphatic heterocycles. The number of benzene rings is 1. The van der Waals surface area contributed by atoms with E-state index in [0.29, 0.717) is 12.3 Å². The van der Waals surface area contributed by atoms with Gasteiger partial charge in [0.2, 0.25) is 0 Å². The standard InChI is InChI=1S/C16H21NO5.Zn/c18-10-6-4-2-1-3-5-7-11-22-17-13-8-9-14(16(20)21)15(19)12-13;/h6,8-9,12,17,19H,1-5,7,11H2,(H,20,21);. The van der Waals surface area contributed by atoms with E-state index in [2.05, 4.69) is 5.48 Å². The number of rotatable bonds is 11. The molecule has 1 aromatic rings. The van der Waals surface area contributed by atoms with Crippen molar-refractivity contribution in [2.24, 2.45) is 0 Å². The molecular weight excluding hydrogens is 352 g/mol. The maximum Gasteiger partial charge on any atom is 0.339 e. The van der Waals surface area contributed by atoms with Gasteiger partial charge in [-0.15, -0.1) is 0 Å². The molecule has 0 fully saturated rings. The predicted molar refractivity (Wildman–Crippen MR) is 82.6 cm³/mol. The van der Waals surface area contributed by atoms with Gasteiger partial charge in [0.05, 0.1) is 12.3 Å². The van der Waals surface area contributed by atoms with Crippen LogP contribution in [0.2, 0.25) is 0 Å². The van der Waals surface area contributed by atoms with E-state index in [1.807, 2.05) is 0 Å². The molecule has 0 aliphatic carbocycles. The van der Waals surface area contributed by atoms with Crippen molar-refractivity contribution in [1.82, 2.24) is 0 Å². The Morgan fingerprint density at radius 1 is 1.22 bits per heavy atom. The molecule has 0 amide bonds. The fourth-order valence-electron chi connectivity index (χ4n) is 1.92. The second-order valence-corrected chi connectivity index (χ2v) is 4.87. The van der Waals surface area contributed by atoms with Crippen LogP contribution < -0.4 is 5.48 Å². The Balaban J connectivity index is 0.00000484. The first-order valence-electron chi connectivity index (χ1n) is 7.28. The molecule has 122 valence electrons. The number of allylic oxidation sites excluding steroid dienone is 1. The first-order chi connectivity index (χ1) is 10.6. The number of aromatic carboxylic acids is 1. The Hall–Kier alpha value is -1.68. The third-order valence-electron chi connectivity index (χ3n) is 3.10. The molecule has 0 aromatic heterocycles. The van der Waals surface area contributed by atoms with E-state index in [-0.39, 0.29) is 30.8 Å². The molecule has 0 radical (unpaired) electrons. The smallest absolute Gasteiger partial charge is 0.339 e. The van der Waals surface area contributed by atoms with Crippen molar-refractivity contribution in [3.63, 3.8) is 0 Å². The molecule has 23 heavy (non-hydrogen) atoms. The summed E-state index contributed by atoms with van der Waals surface area (Å²) in [6, 6.07) is 4.16. The van der Waals surface area contributed by atoms with Crippen molar-refractivity contribution in [2.45, 2.75) is 38.5 Å². The van der Waals surface area contributed by atoms with Gasteiger partial charge < -0.3 is 10.2 Å². The zero-order valence-corrected chi connectivity index (χ0v) is 16.1. The van der Waals surface area contributed by atoms with Gasteiger partial charge in [-0.2, -0.15) is 0 Å². The third kappa shape index (κ3) is 9.14. The van der Waals surface area contributed by atoms with Crippen molar-refractivity contribution in [3.05, 3.63) is 29.8 Å². The largest absolute Gasteiger partial charge is 0.507 e. The quantitative estimate of drug-likeness (QED) is 0.239. The zero-order valence-electron chi connectivity index (χ0n) is 13.1. The minimum atomic E-state index is -1.17.